The summed E-state index contributed by atoms with van der Waals surface area (Å²) in [4.78, 5) is 9.80. The van der Waals surface area contributed by atoms with Crippen molar-refractivity contribution in [3.05, 3.63) is 30.1 Å². The fraction of sp³-hybridized carbons (Fsp3) is 0.500. The van der Waals surface area contributed by atoms with Gasteiger partial charge in [-0.2, -0.15) is 0 Å². The van der Waals surface area contributed by atoms with E-state index in [2.05, 4.69) is 29.9 Å². The Labute approximate surface area is 144 Å². The predicted octanol–water partition coefficient (Wildman–Crippen LogP) is 0.785. The van der Waals surface area contributed by atoms with Crippen molar-refractivity contribution in [3.8, 4) is 0 Å². The van der Waals surface area contributed by atoms with Crippen molar-refractivity contribution < 1.29 is 17.0 Å². The van der Waals surface area contributed by atoms with Crippen molar-refractivity contribution in [2.24, 2.45) is 0 Å². The van der Waals surface area contributed by atoms with Crippen LogP contribution in [0.1, 0.15) is 45.4 Å². The van der Waals surface area contributed by atoms with E-state index in [-0.39, 0.29) is 12.4 Å². The topological polar surface area (TPSA) is 34.6 Å². The summed E-state index contributed by atoms with van der Waals surface area (Å²) < 4.78 is 4.68. The van der Waals surface area contributed by atoms with Crippen LogP contribution in [0.4, 0.5) is 0 Å². The van der Waals surface area contributed by atoms with Crippen molar-refractivity contribution in [3.63, 3.8) is 0 Å². The molecule has 124 valence electrons. The lowest BCUT2D eigenvalue weighted by Gasteiger charge is -2.01. The van der Waals surface area contributed by atoms with Crippen molar-refractivity contribution in [2.45, 2.75) is 59.5 Å². The van der Waals surface area contributed by atoms with Crippen LogP contribution in [0.25, 0.3) is 22.3 Å². The van der Waals surface area contributed by atoms with Crippen LogP contribution in [0.15, 0.2) is 24.3 Å². The number of benzene rings is 1. The van der Waals surface area contributed by atoms with Crippen LogP contribution in [0.3, 0.4) is 0 Å². The molecule has 0 radical (unpaired) electrons. The normalized spacial score (nSPS) is 11.1. The molecule has 0 saturated carbocycles. The van der Waals surface area contributed by atoms with Crippen LogP contribution in [-0.4, -0.2) is 14.5 Å². The smallest absolute Gasteiger partial charge is 0.322 e. The molecule has 0 aliphatic heterocycles. The third-order valence-corrected chi connectivity index (χ3v) is 4.30. The van der Waals surface area contributed by atoms with Crippen LogP contribution >= 0.6 is 0 Å². The number of halogens is 1. The monoisotopic (exact) mass is 332 g/mol. The summed E-state index contributed by atoms with van der Waals surface area (Å²) >= 11 is 0. The van der Waals surface area contributed by atoms with Gasteiger partial charge in [0.2, 0.25) is 5.82 Å². The SMILES string of the molecule is CCCCn1c(C)[n+](CCCC)c2nc3ccccc3nc21.[Cl-]. The molecule has 0 aliphatic rings. The highest BCUT2D eigenvalue weighted by atomic mass is 35.5. The van der Waals surface area contributed by atoms with Crippen LogP contribution < -0.4 is 17.0 Å². The Hall–Kier alpha value is -1.68. The maximum atomic E-state index is 4.90. The van der Waals surface area contributed by atoms with Crippen LogP contribution in [-0.2, 0) is 13.1 Å². The molecule has 5 heteroatoms. The molecule has 3 rings (SSSR count). The van der Waals surface area contributed by atoms with Crippen molar-refractivity contribution in [1.29, 1.82) is 0 Å². The highest BCUT2D eigenvalue weighted by Gasteiger charge is 2.23. The predicted molar refractivity (Wildman–Crippen MR) is 89.8 cm³/mol. The molecule has 0 bridgehead atoms. The van der Waals surface area contributed by atoms with Crippen LogP contribution in [0.5, 0.6) is 0 Å². The van der Waals surface area contributed by atoms with Gasteiger partial charge in [-0.05, 0) is 25.0 Å². The maximum absolute atomic E-state index is 4.90. The molecule has 1 aromatic carbocycles. The quantitative estimate of drug-likeness (QED) is 0.625. The molecule has 0 atom stereocenters. The van der Waals surface area contributed by atoms with E-state index in [4.69, 9.17) is 9.97 Å². The molecule has 4 nitrogen and oxygen atoms in total. The van der Waals surface area contributed by atoms with Gasteiger partial charge in [0.1, 0.15) is 5.52 Å². The lowest BCUT2D eigenvalue weighted by Crippen LogP contribution is -3.00. The third-order valence-electron chi connectivity index (χ3n) is 4.30. The summed E-state index contributed by atoms with van der Waals surface area (Å²) in [7, 11) is 0. The van der Waals surface area contributed by atoms with Gasteiger partial charge in [-0.15, -0.1) is 0 Å². The number of unbranched alkanes of at least 4 members (excludes halogenated alkanes) is 2. The largest absolute Gasteiger partial charge is 1.00 e. The number of nitrogens with zero attached hydrogens (tertiary/aromatic N) is 4. The Bertz CT molecular complexity index is 730. The number of rotatable bonds is 6. The Kier molecular flexibility index (Phi) is 5.94. The van der Waals surface area contributed by atoms with Gasteiger partial charge in [-0.25, -0.2) is 14.1 Å². The molecule has 23 heavy (non-hydrogen) atoms. The minimum Gasteiger partial charge on any atom is -1.00 e. The molecular weight excluding hydrogens is 308 g/mol. The van der Waals surface area contributed by atoms with Gasteiger partial charge in [0.25, 0.3) is 5.65 Å². The van der Waals surface area contributed by atoms with Gasteiger partial charge in [-0.1, -0.05) is 43.8 Å². The molecule has 0 fully saturated rings. The van der Waals surface area contributed by atoms with Gasteiger partial charge in [0, 0.05) is 6.92 Å². The van der Waals surface area contributed by atoms with Crippen LogP contribution in [0.2, 0.25) is 0 Å². The molecule has 0 saturated heterocycles. The second-order valence-electron chi connectivity index (χ2n) is 5.92. The van der Waals surface area contributed by atoms with Gasteiger partial charge < -0.3 is 12.4 Å². The van der Waals surface area contributed by atoms with E-state index in [0.29, 0.717) is 0 Å². The number of aromatic nitrogens is 4. The molecular formula is C18H25ClN4. The van der Waals surface area contributed by atoms with Gasteiger partial charge >= 0.3 is 5.65 Å². The Balaban J connectivity index is 0.00000192. The first-order valence-electron chi connectivity index (χ1n) is 8.41. The molecule has 0 amide bonds. The third kappa shape index (κ3) is 3.32. The molecule has 0 N–H and O–H groups in total. The highest BCUT2D eigenvalue weighted by molar-refractivity contribution is 5.81. The van der Waals surface area contributed by atoms with E-state index >= 15 is 0 Å². The van der Waals surface area contributed by atoms with Gasteiger partial charge in [-0.3, -0.25) is 0 Å². The highest BCUT2D eigenvalue weighted by Crippen LogP contribution is 2.17. The average Bonchev–Trinajstić information content (AvgIpc) is 2.79. The summed E-state index contributed by atoms with van der Waals surface area (Å²) in [6.45, 7) is 8.69. The summed E-state index contributed by atoms with van der Waals surface area (Å²) in [5.74, 6) is 1.27. The maximum Gasteiger partial charge on any atom is 0.322 e. The van der Waals surface area contributed by atoms with Crippen molar-refractivity contribution in [2.75, 3.05) is 0 Å². The zero-order valence-electron chi connectivity index (χ0n) is 14.2. The van der Waals surface area contributed by atoms with E-state index < -0.39 is 0 Å². The lowest BCUT2D eigenvalue weighted by molar-refractivity contribution is -0.680. The minimum atomic E-state index is 0. The van der Waals surface area contributed by atoms with E-state index in [1.165, 1.54) is 31.5 Å². The van der Waals surface area contributed by atoms with E-state index in [9.17, 15) is 0 Å². The standard InChI is InChI=1S/C18H25N4.ClH/c1-4-6-12-21-14(3)22(13-7-5-2)18-17(21)19-15-10-8-9-11-16(15)20-18;/h8-11H,4-7,12-13H2,1-3H3;1H/q+1;/p-1. The average molecular weight is 333 g/mol. The molecule has 0 unspecified atom stereocenters. The molecule has 3 aromatic rings. The lowest BCUT2D eigenvalue weighted by atomic mass is 10.3. The second kappa shape index (κ2) is 7.73. The number of hydrogen-bond acceptors (Lipinski definition) is 2. The van der Waals surface area contributed by atoms with Gasteiger partial charge in [0.15, 0.2) is 5.52 Å². The first-order chi connectivity index (χ1) is 10.8. The van der Waals surface area contributed by atoms with Crippen molar-refractivity contribution in [1.82, 2.24) is 14.5 Å². The Morgan fingerprint density at radius 2 is 1.65 bits per heavy atom. The number of aryl methyl sites for hydroxylation is 2. The van der Waals surface area contributed by atoms with Gasteiger partial charge in [0.05, 0.1) is 13.1 Å². The van der Waals surface area contributed by atoms with E-state index in [0.717, 1.165) is 35.4 Å². The minimum absolute atomic E-state index is 0. The molecule has 2 aromatic heterocycles. The zero-order chi connectivity index (χ0) is 15.5. The Morgan fingerprint density at radius 3 is 2.30 bits per heavy atom. The number of para-hydroxylation sites is 2. The number of fused-ring (bicyclic) bond motifs is 2. The first-order valence-corrected chi connectivity index (χ1v) is 8.41. The number of hydrogen-bond donors (Lipinski definition) is 0. The summed E-state index contributed by atoms with van der Waals surface area (Å²) in [5.41, 5.74) is 4.02. The molecule has 0 aliphatic carbocycles. The number of imidazole rings is 1. The fourth-order valence-electron chi connectivity index (χ4n) is 2.96. The first kappa shape index (κ1) is 17.7. The molecule has 2 heterocycles. The summed E-state index contributed by atoms with van der Waals surface area (Å²) in [6, 6.07) is 8.15. The summed E-state index contributed by atoms with van der Waals surface area (Å²) in [6.07, 6.45) is 4.73. The fourth-order valence-corrected chi connectivity index (χ4v) is 2.96. The summed E-state index contributed by atoms with van der Waals surface area (Å²) in [5, 5.41) is 0. The zero-order valence-corrected chi connectivity index (χ0v) is 15.0. The molecule has 0 spiro atoms. The van der Waals surface area contributed by atoms with Crippen LogP contribution in [0, 0.1) is 6.92 Å². The Morgan fingerprint density at radius 1 is 1.00 bits per heavy atom. The second-order valence-corrected chi connectivity index (χ2v) is 5.92. The van der Waals surface area contributed by atoms with E-state index in [1.54, 1.807) is 0 Å². The van der Waals surface area contributed by atoms with E-state index in [1.807, 2.05) is 24.3 Å². The van der Waals surface area contributed by atoms with Crippen molar-refractivity contribution >= 4 is 22.3 Å².